The molecule has 0 radical (unpaired) electrons. The van der Waals surface area contributed by atoms with Crippen LogP contribution in [-0.4, -0.2) is 14.8 Å². The largest absolute Gasteiger partial charge is 0.311 e. The molecule has 4 nitrogen and oxygen atoms in total. The molecule has 16 heavy (non-hydrogen) atoms. The highest BCUT2D eigenvalue weighted by molar-refractivity contribution is 7.15. The molecule has 84 valence electrons. The van der Waals surface area contributed by atoms with Gasteiger partial charge in [-0.15, -0.1) is 21.5 Å². The van der Waals surface area contributed by atoms with E-state index in [2.05, 4.69) is 33.8 Å². The summed E-state index contributed by atoms with van der Waals surface area (Å²) in [4.78, 5) is 2.45. The maximum Gasteiger partial charge on any atom is 0.175 e. The van der Waals surface area contributed by atoms with Gasteiger partial charge in [0.05, 0.1) is 11.0 Å². The molecule has 0 fully saturated rings. The maximum absolute atomic E-state index is 6.12. The lowest BCUT2D eigenvalue weighted by molar-refractivity contribution is 0.412. The van der Waals surface area contributed by atoms with Crippen molar-refractivity contribution in [1.82, 2.24) is 14.8 Å². The third kappa shape index (κ3) is 1.47. The summed E-state index contributed by atoms with van der Waals surface area (Å²) in [6, 6.07) is 4.20. The van der Waals surface area contributed by atoms with E-state index in [-0.39, 0.29) is 6.17 Å². The summed E-state index contributed by atoms with van der Waals surface area (Å²) in [5.41, 5.74) is 6.12. The molecule has 1 unspecified atom stereocenters. The third-order valence-electron chi connectivity index (χ3n) is 2.96. The van der Waals surface area contributed by atoms with Crippen LogP contribution in [0.25, 0.3) is 10.7 Å². The van der Waals surface area contributed by atoms with Crippen molar-refractivity contribution in [3.63, 3.8) is 0 Å². The minimum Gasteiger partial charge on any atom is -0.311 e. The zero-order chi connectivity index (χ0) is 11.1. The van der Waals surface area contributed by atoms with Gasteiger partial charge in [-0.2, -0.15) is 0 Å². The Morgan fingerprint density at radius 1 is 1.44 bits per heavy atom. The highest BCUT2D eigenvalue weighted by atomic mass is 32.1. The first kappa shape index (κ1) is 9.99. The molecule has 0 spiro atoms. The van der Waals surface area contributed by atoms with Gasteiger partial charge in [0, 0.05) is 11.3 Å². The standard InChI is InChI=1S/C11H14N4S/c1-7-5-6-8(16-7)11-14-13-10-4-2-3-9(12)15(10)11/h5-6,9H,2-4,12H2,1H3. The zero-order valence-corrected chi connectivity index (χ0v) is 10.00. The fraction of sp³-hybridized carbons (Fsp3) is 0.455. The minimum absolute atomic E-state index is 0.0381. The van der Waals surface area contributed by atoms with E-state index in [1.807, 2.05) is 0 Å². The molecule has 0 saturated carbocycles. The lowest BCUT2D eigenvalue weighted by Gasteiger charge is -2.21. The van der Waals surface area contributed by atoms with Crippen LogP contribution in [0.15, 0.2) is 12.1 Å². The third-order valence-corrected chi connectivity index (χ3v) is 3.96. The normalized spacial score (nSPS) is 19.8. The van der Waals surface area contributed by atoms with Gasteiger partial charge in [0.2, 0.25) is 0 Å². The maximum atomic E-state index is 6.12. The number of thiophene rings is 1. The van der Waals surface area contributed by atoms with E-state index in [1.54, 1.807) is 11.3 Å². The number of hydrogen-bond acceptors (Lipinski definition) is 4. The molecule has 5 heteroatoms. The summed E-state index contributed by atoms with van der Waals surface area (Å²) in [5, 5.41) is 8.51. The molecule has 3 heterocycles. The highest BCUT2D eigenvalue weighted by Crippen LogP contribution is 2.31. The average Bonchev–Trinajstić information content (AvgIpc) is 2.84. The van der Waals surface area contributed by atoms with Gasteiger partial charge in [0.1, 0.15) is 5.82 Å². The van der Waals surface area contributed by atoms with Crippen LogP contribution in [0, 0.1) is 6.92 Å². The number of nitrogens with zero attached hydrogens (tertiary/aromatic N) is 3. The molecule has 3 rings (SSSR count). The van der Waals surface area contributed by atoms with Gasteiger partial charge in [-0.05, 0) is 31.9 Å². The van der Waals surface area contributed by atoms with E-state index < -0.39 is 0 Å². The van der Waals surface area contributed by atoms with Gasteiger partial charge in [-0.1, -0.05) is 0 Å². The van der Waals surface area contributed by atoms with Crippen LogP contribution in [0.3, 0.4) is 0 Å². The van der Waals surface area contributed by atoms with Gasteiger partial charge < -0.3 is 5.73 Å². The second-order valence-electron chi connectivity index (χ2n) is 4.18. The number of nitrogens with two attached hydrogens (primary N) is 1. The van der Waals surface area contributed by atoms with Crippen molar-refractivity contribution in [1.29, 1.82) is 0 Å². The smallest absolute Gasteiger partial charge is 0.175 e. The fourth-order valence-corrected chi connectivity index (χ4v) is 3.01. The van der Waals surface area contributed by atoms with E-state index in [9.17, 15) is 0 Å². The first-order chi connectivity index (χ1) is 7.75. The monoisotopic (exact) mass is 234 g/mol. The van der Waals surface area contributed by atoms with Crippen LogP contribution in [0.4, 0.5) is 0 Å². The van der Waals surface area contributed by atoms with Crippen molar-refractivity contribution in [2.75, 3.05) is 0 Å². The van der Waals surface area contributed by atoms with Crippen LogP contribution < -0.4 is 5.73 Å². The van der Waals surface area contributed by atoms with Crippen LogP contribution in [0.1, 0.15) is 29.7 Å². The molecule has 1 aliphatic rings. The summed E-state index contributed by atoms with van der Waals surface area (Å²) in [5.74, 6) is 1.96. The Morgan fingerprint density at radius 3 is 3.06 bits per heavy atom. The number of aromatic nitrogens is 3. The van der Waals surface area contributed by atoms with Crippen molar-refractivity contribution in [2.45, 2.75) is 32.4 Å². The van der Waals surface area contributed by atoms with Crippen LogP contribution >= 0.6 is 11.3 Å². The zero-order valence-electron chi connectivity index (χ0n) is 9.18. The summed E-state index contributed by atoms with van der Waals surface area (Å²) in [6.45, 7) is 2.10. The molecular weight excluding hydrogens is 220 g/mol. The van der Waals surface area contributed by atoms with Gasteiger partial charge in [-0.25, -0.2) is 0 Å². The molecule has 0 saturated heterocycles. The quantitative estimate of drug-likeness (QED) is 0.822. The Kier molecular flexibility index (Phi) is 2.29. The molecule has 2 aromatic rings. The van der Waals surface area contributed by atoms with Crippen LogP contribution in [0.2, 0.25) is 0 Å². The van der Waals surface area contributed by atoms with Gasteiger partial charge in [0.15, 0.2) is 5.82 Å². The fourth-order valence-electron chi connectivity index (χ4n) is 2.16. The first-order valence-corrected chi connectivity index (χ1v) is 6.33. The van der Waals surface area contributed by atoms with Gasteiger partial charge in [0.25, 0.3) is 0 Å². The van der Waals surface area contributed by atoms with Gasteiger partial charge in [-0.3, -0.25) is 4.57 Å². The van der Waals surface area contributed by atoms with Crippen LogP contribution in [0.5, 0.6) is 0 Å². The van der Waals surface area contributed by atoms with E-state index in [0.29, 0.717) is 0 Å². The topological polar surface area (TPSA) is 56.7 Å². The first-order valence-electron chi connectivity index (χ1n) is 5.52. The van der Waals surface area contributed by atoms with E-state index in [4.69, 9.17) is 5.73 Å². The predicted octanol–water partition coefficient (Wildman–Crippen LogP) is 2.11. The SMILES string of the molecule is Cc1ccc(-c2nnc3n2C(N)CCC3)s1. The summed E-state index contributed by atoms with van der Waals surface area (Å²) < 4.78 is 2.09. The number of rotatable bonds is 1. The Balaban J connectivity index is 2.12. The predicted molar refractivity (Wildman–Crippen MR) is 64.2 cm³/mol. The Hall–Kier alpha value is -1.20. The van der Waals surface area contributed by atoms with Crippen molar-refractivity contribution in [3.05, 3.63) is 22.8 Å². The van der Waals surface area contributed by atoms with Crippen molar-refractivity contribution < 1.29 is 0 Å². The second kappa shape index (κ2) is 3.68. The lowest BCUT2D eigenvalue weighted by atomic mass is 10.1. The minimum atomic E-state index is 0.0381. The van der Waals surface area contributed by atoms with E-state index in [0.717, 1.165) is 35.8 Å². The molecule has 2 N–H and O–H groups in total. The van der Waals surface area contributed by atoms with Crippen molar-refractivity contribution in [2.24, 2.45) is 5.73 Å². The molecule has 0 aliphatic carbocycles. The summed E-state index contributed by atoms with van der Waals surface area (Å²) in [7, 11) is 0. The Morgan fingerprint density at radius 2 is 2.31 bits per heavy atom. The molecule has 0 aromatic carbocycles. The summed E-state index contributed by atoms with van der Waals surface area (Å²) in [6.07, 6.45) is 3.16. The average molecular weight is 234 g/mol. The van der Waals surface area contributed by atoms with Gasteiger partial charge >= 0.3 is 0 Å². The lowest BCUT2D eigenvalue weighted by Crippen LogP contribution is -2.25. The van der Waals surface area contributed by atoms with Crippen molar-refractivity contribution in [3.8, 4) is 10.7 Å². The van der Waals surface area contributed by atoms with Crippen molar-refractivity contribution >= 4 is 11.3 Å². The molecule has 1 aliphatic heterocycles. The molecular formula is C11H14N4S. The Bertz CT molecular complexity index is 514. The number of aryl methyl sites for hydroxylation is 2. The van der Waals surface area contributed by atoms with E-state index >= 15 is 0 Å². The molecule has 2 aromatic heterocycles. The van der Waals surface area contributed by atoms with E-state index in [1.165, 1.54) is 4.88 Å². The highest BCUT2D eigenvalue weighted by Gasteiger charge is 2.23. The summed E-state index contributed by atoms with van der Waals surface area (Å²) >= 11 is 1.74. The number of hydrogen-bond donors (Lipinski definition) is 1. The molecule has 0 amide bonds. The second-order valence-corrected chi connectivity index (χ2v) is 5.47. The van der Waals surface area contributed by atoms with Crippen LogP contribution in [-0.2, 0) is 6.42 Å². The number of fused-ring (bicyclic) bond motifs is 1. The molecule has 0 bridgehead atoms. The Labute approximate surface area is 98.1 Å². The molecule has 1 atom stereocenters.